The Bertz CT molecular complexity index is 884. The van der Waals surface area contributed by atoms with Gasteiger partial charge in [0.05, 0.1) is 25.9 Å². The predicted octanol–water partition coefficient (Wildman–Crippen LogP) is 3.73. The number of para-hydroxylation sites is 1. The molecule has 146 valence electrons. The lowest BCUT2D eigenvalue weighted by Gasteiger charge is -2.26. The minimum absolute atomic E-state index is 0.247. The first-order valence-corrected chi connectivity index (χ1v) is 9.09. The lowest BCUT2D eigenvalue weighted by atomic mass is 10.0. The molecule has 0 saturated carbocycles. The first-order chi connectivity index (χ1) is 13.6. The molecule has 0 aromatic heterocycles. The van der Waals surface area contributed by atoms with Gasteiger partial charge in [0.25, 0.3) is 0 Å². The number of amides is 1. The van der Waals surface area contributed by atoms with Gasteiger partial charge in [-0.3, -0.25) is 4.79 Å². The highest BCUT2D eigenvalue weighted by atomic mass is 16.6. The first-order valence-electron chi connectivity index (χ1n) is 9.09. The molecule has 3 rings (SSSR count). The average molecular weight is 381 g/mol. The van der Waals surface area contributed by atoms with E-state index in [0.29, 0.717) is 37.6 Å². The summed E-state index contributed by atoms with van der Waals surface area (Å²) in [6.45, 7) is 3.80. The van der Waals surface area contributed by atoms with Crippen LogP contribution in [0.3, 0.4) is 0 Å². The number of nitrogens with zero attached hydrogens (tertiary/aromatic N) is 1. The summed E-state index contributed by atoms with van der Waals surface area (Å²) in [6.07, 6.45) is 2.67. The molecular weight excluding hydrogens is 358 g/mol. The van der Waals surface area contributed by atoms with Crippen molar-refractivity contribution in [3.63, 3.8) is 0 Å². The maximum atomic E-state index is 12.8. The number of ether oxygens (including phenoxy) is 3. The SMILES string of the molecule is COc1ccccc1C=CC(=O)c1cc(C)ccc1OC(=O)N1CCOCC1. The third kappa shape index (κ3) is 4.78. The Morgan fingerprint density at radius 2 is 1.82 bits per heavy atom. The number of rotatable bonds is 5. The van der Waals surface area contributed by atoms with Crippen LogP contribution in [0.4, 0.5) is 4.79 Å². The van der Waals surface area contributed by atoms with E-state index in [9.17, 15) is 9.59 Å². The Morgan fingerprint density at radius 3 is 2.57 bits per heavy atom. The molecular formula is C22H23NO5. The van der Waals surface area contributed by atoms with Gasteiger partial charge >= 0.3 is 6.09 Å². The van der Waals surface area contributed by atoms with Gasteiger partial charge in [-0.1, -0.05) is 29.8 Å². The van der Waals surface area contributed by atoms with Crippen LogP contribution in [-0.4, -0.2) is 50.2 Å². The van der Waals surface area contributed by atoms with Crippen LogP contribution in [0.5, 0.6) is 11.5 Å². The molecule has 1 saturated heterocycles. The summed E-state index contributed by atoms with van der Waals surface area (Å²) in [5.74, 6) is 0.672. The smallest absolute Gasteiger partial charge is 0.415 e. The Hall–Kier alpha value is -3.12. The molecule has 0 aliphatic carbocycles. The second-order valence-corrected chi connectivity index (χ2v) is 6.41. The summed E-state index contributed by atoms with van der Waals surface area (Å²) in [4.78, 5) is 26.8. The van der Waals surface area contributed by atoms with Gasteiger partial charge in [-0.2, -0.15) is 0 Å². The summed E-state index contributed by atoms with van der Waals surface area (Å²) in [6, 6.07) is 12.6. The molecule has 1 aliphatic heterocycles. The monoisotopic (exact) mass is 381 g/mol. The van der Waals surface area contributed by atoms with E-state index >= 15 is 0 Å². The Kier molecular flexibility index (Phi) is 6.45. The van der Waals surface area contributed by atoms with Gasteiger partial charge < -0.3 is 19.1 Å². The molecule has 28 heavy (non-hydrogen) atoms. The maximum absolute atomic E-state index is 12.8. The van der Waals surface area contributed by atoms with E-state index in [0.717, 1.165) is 11.1 Å². The molecule has 2 aromatic rings. The fraction of sp³-hybridized carbons (Fsp3) is 0.273. The fourth-order valence-corrected chi connectivity index (χ4v) is 2.89. The normalized spacial score (nSPS) is 14.1. The molecule has 0 spiro atoms. The van der Waals surface area contributed by atoms with E-state index in [1.54, 1.807) is 30.2 Å². The molecule has 1 heterocycles. The number of carbonyl (C=O) groups is 2. The van der Waals surface area contributed by atoms with Crippen LogP contribution in [0, 0.1) is 6.92 Å². The van der Waals surface area contributed by atoms with Crippen molar-refractivity contribution < 1.29 is 23.8 Å². The zero-order valence-corrected chi connectivity index (χ0v) is 16.0. The summed E-state index contributed by atoms with van der Waals surface area (Å²) in [5.41, 5.74) is 2.03. The van der Waals surface area contributed by atoms with Crippen molar-refractivity contribution in [2.45, 2.75) is 6.92 Å². The Labute approximate surface area is 164 Å². The lowest BCUT2D eigenvalue weighted by Crippen LogP contribution is -2.42. The first kappa shape index (κ1) is 19.6. The lowest BCUT2D eigenvalue weighted by molar-refractivity contribution is 0.0415. The topological polar surface area (TPSA) is 65.1 Å². The van der Waals surface area contributed by atoms with Gasteiger partial charge in [-0.25, -0.2) is 4.79 Å². The Balaban J connectivity index is 1.80. The quantitative estimate of drug-likeness (QED) is 0.583. The van der Waals surface area contributed by atoms with Crippen molar-refractivity contribution in [1.82, 2.24) is 4.90 Å². The minimum Gasteiger partial charge on any atom is -0.496 e. The number of allylic oxidation sites excluding steroid dienone is 1. The van der Waals surface area contributed by atoms with Gasteiger partial charge in [0.15, 0.2) is 5.78 Å². The summed E-state index contributed by atoms with van der Waals surface area (Å²) in [7, 11) is 1.58. The van der Waals surface area contributed by atoms with Crippen LogP contribution >= 0.6 is 0 Å². The van der Waals surface area contributed by atoms with Crippen molar-refractivity contribution in [1.29, 1.82) is 0 Å². The van der Waals surface area contributed by atoms with Crippen molar-refractivity contribution in [3.05, 3.63) is 65.2 Å². The number of ketones is 1. The maximum Gasteiger partial charge on any atom is 0.415 e. The van der Waals surface area contributed by atoms with Crippen LogP contribution in [0.25, 0.3) is 6.08 Å². The number of hydrogen-bond donors (Lipinski definition) is 0. The van der Waals surface area contributed by atoms with Crippen LogP contribution < -0.4 is 9.47 Å². The second-order valence-electron chi connectivity index (χ2n) is 6.41. The van der Waals surface area contributed by atoms with Crippen LogP contribution in [0.1, 0.15) is 21.5 Å². The molecule has 0 atom stereocenters. The molecule has 1 fully saturated rings. The molecule has 0 radical (unpaired) electrons. The third-order valence-electron chi connectivity index (χ3n) is 4.42. The summed E-state index contributed by atoms with van der Waals surface area (Å²) < 4.78 is 16.1. The summed E-state index contributed by atoms with van der Waals surface area (Å²) in [5, 5.41) is 0. The minimum atomic E-state index is -0.477. The standard InChI is InChI=1S/C22H23NO5/c1-16-7-10-21(28-22(25)23-11-13-27-14-12-23)18(15-16)19(24)9-8-17-5-3-4-6-20(17)26-2/h3-10,15H,11-14H2,1-2H3. The predicted molar refractivity (Wildman–Crippen MR) is 106 cm³/mol. The molecule has 0 N–H and O–H groups in total. The highest BCUT2D eigenvalue weighted by Crippen LogP contribution is 2.24. The van der Waals surface area contributed by atoms with E-state index < -0.39 is 6.09 Å². The van der Waals surface area contributed by atoms with Crippen LogP contribution in [-0.2, 0) is 4.74 Å². The van der Waals surface area contributed by atoms with Crippen molar-refractivity contribution in [2.24, 2.45) is 0 Å². The number of aryl methyl sites for hydroxylation is 1. The molecule has 6 heteroatoms. The number of hydrogen-bond acceptors (Lipinski definition) is 5. The number of benzene rings is 2. The Morgan fingerprint density at radius 1 is 1.07 bits per heavy atom. The van der Waals surface area contributed by atoms with E-state index in [1.165, 1.54) is 6.08 Å². The van der Waals surface area contributed by atoms with Crippen LogP contribution in [0.2, 0.25) is 0 Å². The van der Waals surface area contributed by atoms with Crippen molar-refractivity contribution >= 4 is 18.0 Å². The number of morpholine rings is 1. The van der Waals surface area contributed by atoms with Gasteiger partial charge in [-0.15, -0.1) is 0 Å². The van der Waals surface area contributed by atoms with E-state index in [-0.39, 0.29) is 11.5 Å². The molecule has 2 aromatic carbocycles. The third-order valence-corrected chi connectivity index (χ3v) is 4.42. The molecule has 1 amide bonds. The number of carbonyl (C=O) groups excluding carboxylic acids is 2. The molecule has 0 unspecified atom stereocenters. The van der Waals surface area contributed by atoms with Gasteiger partial charge in [-0.05, 0) is 37.3 Å². The van der Waals surface area contributed by atoms with Crippen molar-refractivity contribution in [2.75, 3.05) is 33.4 Å². The van der Waals surface area contributed by atoms with E-state index in [2.05, 4.69) is 0 Å². The summed E-state index contributed by atoms with van der Waals surface area (Å²) >= 11 is 0. The largest absolute Gasteiger partial charge is 0.496 e. The zero-order chi connectivity index (χ0) is 19.9. The van der Waals surface area contributed by atoms with Gasteiger partial charge in [0.2, 0.25) is 0 Å². The van der Waals surface area contributed by atoms with E-state index in [4.69, 9.17) is 14.2 Å². The van der Waals surface area contributed by atoms with Crippen molar-refractivity contribution in [3.8, 4) is 11.5 Å². The molecule has 6 nitrogen and oxygen atoms in total. The van der Waals surface area contributed by atoms with Crippen LogP contribution in [0.15, 0.2) is 48.5 Å². The van der Waals surface area contributed by atoms with Gasteiger partial charge in [0.1, 0.15) is 11.5 Å². The second kappa shape index (κ2) is 9.19. The fourth-order valence-electron chi connectivity index (χ4n) is 2.89. The van der Waals surface area contributed by atoms with E-state index in [1.807, 2.05) is 37.3 Å². The average Bonchev–Trinajstić information content (AvgIpc) is 2.74. The molecule has 1 aliphatic rings. The number of methoxy groups -OCH3 is 1. The highest BCUT2D eigenvalue weighted by Gasteiger charge is 2.21. The zero-order valence-electron chi connectivity index (χ0n) is 16.0. The van der Waals surface area contributed by atoms with Gasteiger partial charge in [0, 0.05) is 18.7 Å². The molecule has 0 bridgehead atoms. The highest BCUT2D eigenvalue weighted by molar-refractivity contribution is 6.09.